The van der Waals surface area contributed by atoms with Crippen LogP contribution < -0.4 is 10.6 Å². The van der Waals surface area contributed by atoms with Gasteiger partial charge in [0.05, 0.1) is 0 Å². The highest BCUT2D eigenvalue weighted by Gasteiger charge is 2.25. The Hall–Kier alpha value is -0.530. The van der Waals surface area contributed by atoms with Crippen LogP contribution in [-0.2, 0) is 4.79 Å². The number of hydrogen-bond acceptors (Lipinski definition) is 2. The summed E-state index contributed by atoms with van der Waals surface area (Å²) >= 11 is 0. The van der Waals surface area contributed by atoms with Gasteiger partial charge in [-0.25, -0.2) is 0 Å². The largest absolute Gasteiger partial charge is 0.357 e. The second kappa shape index (κ2) is 12.8. The fourth-order valence-electron chi connectivity index (χ4n) is 2.70. The third-order valence-electron chi connectivity index (χ3n) is 3.99. The lowest BCUT2D eigenvalue weighted by Crippen LogP contribution is -2.45. The number of carbonyl (C=O) groups excluding carboxylic acids is 1. The van der Waals surface area contributed by atoms with Crippen LogP contribution in [0.25, 0.3) is 0 Å². The van der Waals surface area contributed by atoms with E-state index in [1.54, 1.807) is 0 Å². The highest BCUT2D eigenvalue weighted by molar-refractivity contribution is 14.0. The van der Waals surface area contributed by atoms with Crippen molar-refractivity contribution in [1.29, 1.82) is 0 Å². The molecule has 2 N–H and O–H groups in total. The number of halogens is 1. The van der Waals surface area contributed by atoms with Gasteiger partial charge in [0.15, 0.2) is 5.96 Å². The van der Waals surface area contributed by atoms with E-state index in [0.717, 1.165) is 50.9 Å². The van der Waals surface area contributed by atoms with E-state index < -0.39 is 0 Å². The van der Waals surface area contributed by atoms with Crippen LogP contribution >= 0.6 is 24.0 Å². The van der Waals surface area contributed by atoms with Crippen LogP contribution in [0.5, 0.6) is 0 Å². The molecule has 1 heterocycles. The minimum Gasteiger partial charge on any atom is -0.357 e. The van der Waals surface area contributed by atoms with Crippen LogP contribution in [0.4, 0.5) is 0 Å². The number of carbonyl (C=O) groups is 1. The Morgan fingerprint density at radius 1 is 1.30 bits per heavy atom. The number of nitrogens with zero attached hydrogens (tertiary/aromatic N) is 2. The van der Waals surface area contributed by atoms with Crippen molar-refractivity contribution in [3.05, 3.63) is 0 Å². The summed E-state index contributed by atoms with van der Waals surface area (Å²) in [6.07, 6.45) is 5.25. The quantitative estimate of drug-likeness (QED) is 0.265. The van der Waals surface area contributed by atoms with Gasteiger partial charge in [-0.1, -0.05) is 33.6 Å². The molecule has 0 spiro atoms. The third-order valence-corrected chi connectivity index (χ3v) is 3.99. The molecule has 0 aromatic heterocycles. The topological polar surface area (TPSA) is 56.7 Å². The van der Waals surface area contributed by atoms with Gasteiger partial charge in [0, 0.05) is 38.6 Å². The predicted octanol–water partition coefficient (Wildman–Crippen LogP) is 3.00. The molecule has 0 aromatic rings. The molecule has 1 amide bonds. The molecule has 1 fully saturated rings. The molecule has 0 aliphatic carbocycles. The summed E-state index contributed by atoms with van der Waals surface area (Å²) in [5.41, 5.74) is 0. The number of unbranched alkanes of at least 4 members (excludes halogenated alkanes) is 1. The maximum Gasteiger partial charge on any atom is 0.222 e. The molecule has 136 valence electrons. The standard InChI is InChI=1S/C17H34N4O.HI/c1-5-16(22)21-12-10-15(13-21)20-17(18-6-2)19-11-8-7-9-14(3)4;/h14-15H,5-13H2,1-4H3,(H2,18,19,20);1H. The van der Waals surface area contributed by atoms with E-state index in [-0.39, 0.29) is 29.9 Å². The summed E-state index contributed by atoms with van der Waals surface area (Å²) in [4.78, 5) is 18.3. The van der Waals surface area contributed by atoms with Crippen molar-refractivity contribution in [3.8, 4) is 0 Å². The van der Waals surface area contributed by atoms with Gasteiger partial charge in [0.1, 0.15) is 0 Å². The SMILES string of the molecule is CCNC(=NCCCCC(C)C)NC1CCN(C(=O)CC)C1.I. The normalized spacial score (nSPS) is 18.0. The Morgan fingerprint density at radius 2 is 2.04 bits per heavy atom. The molecule has 1 atom stereocenters. The van der Waals surface area contributed by atoms with Gasteiger partial charge in [-0.2, -0.15) is 0 Å². The van der Waals surface area contributed by atoms with Crippen LogP contribution in [0.15, 0.2) is 4.99 Å². The van der Waals surface area contributed by atoms with E-state index in [0.29, 0.717) is 12.5 Å². The van der Waals surface area contributed by atoms with E-state index >= 15 is 0 Å². The molecule has 1 aliphatic heterocycles. The van der Waals surface area contributed by atoms with Gasteiger partial charge in [-0.3, -0.25) is 9.79 Å². The maximum atomic E-state index is 11.7. The monoisotopic (exact) mass is 438 g/mol. The zero-order valence-electron chi connectivity index (χ0n) is 15.2. The minimum absolute atomic E-state index is 0. The number of nitrogens with one attached hydrogen (secondary N) is 2. The summed E-state index contributed by atoms with van der Waals surface area (Å²) < 4.78 is 0. The summed E-state index contributed by atoms with van der Waals surface area (Å²) in [5, 5.41) is 6.77. The van der Waals surface area contributed by atoms with E-state index in [4.69, 9.17) is 0 Å². The van der Waals surface area contributed by atoms with Crippen molar-refractivity contribution < 1.29 is 4.79 Å². The van der Waals surface area contributed by atoms with Gasteiger partial charge in [0.25, 0.3) is 0 Å². The first kappa shape index (κ1) is 22.5. The second-order valence-corrected chi connectivity index (χ2v) is 6.47. The van der Waals surface area contributed by atoms with Gasteiger partial charge < -0.3 is 15.5 Å². The molecular formula is C17H35IN4O. The Labute approximate surface area is 159 Å². The Balaban J connectivity index is 0.00000484. The van der Waals surface area contributed by atoms with Gasteiger partial charge >= 0.3 is 0 Å². The van der Waals surface area contributed by atoms with Crippen molar-refractivity contribution >= 4 is 35.8 Å². The minimum atomic E-state index is 0. The first-order chi connectivity index (χ1) is 10.6. The van der Waals surface area contributed by atoms with E-state index in [1.807, 2.05) is 11.8 Å². The zero-order valence-corrected chi connectivity index (χ0v) is 17.6. The van der Waals surface area contributed by atoms with E-state index in [2.05, 4.69) is 36.4 Å². The molecule has 0 saturated carbocycles. The zero-order chi connectivity index (χ0) is 16.4. The molecule has 0 bridgehead atoms. The van der Waals surface area contributed by atoms with E-state index in [9.17, 15) is 4.79 Å². The average Bonchev–Trinajstić information content (AvgIpc) is 2.94. The first-order valence-electron chi connectivity index (χ1n) is 8.89. The maximum absolute atomic E-state index is 11.7. The number of likely N-dealkylation sites (tertiary alicyclic amines) is 1. The molecule has 0 aromatic carbocycles. The summed E-state index contributed by atoms with van der Waals surface area (Å²) in [7, 11) is 0. The molecule has 23 heavy (non-hydrogen) atoms. The third kappa shape index (κ3) is 9.37. The average molecular weight is 438 g/mol. The van der Waals surface area contributed by atoms with Crippen molar-refractivity contribution in [1.82, 2.24) is 15.5 Å². The van der Waals surface area contributed by atoms with Gasteiger partial charge in [-0.05, 0) is 25.7 Å². The Bertz CT molecular complexity index is 361. The number of rotatable bonds is 8. The van der Waals surface area contributed by atoms with Crippen molar-refractivity contribution in [3.63, 3.8) is 0 Å². The van der Waals surface area contributed by atoms with Crippen LogP contribution in [0.1, 0.15) is 59.8 Å². The van der Waals surface area contributed by atoms with Gasteiger partial charge in [0.2, 0.25) is 5.91 Å². The first-order valence-corrected chi connectivity index (χ1v) is 8.89. The lowest BCUT2D eigenvalue weighted by atomic mass is 10.1. The van der Waals surface area contributed by atoms with Crippen LogP contribution in [0.2, 0.25) is 0 Å². The molecule has 0 radical (unpaired) electrons. The highest BCUT2D eigenvalue weighted by Crippen LogP contribution is 2.10. The van der Waals surface area contributed by atoms with Crippen molar-refractivity contribution in [2.24, 2.45) is 10.9 Å². The molecule has 5 nitrogen and oxygen atoms in total. The lowest BCUT2D eigenvalue weighted by Gasteiger charge is -2.18. The summed E-state index contributed by atoms with van der Waals surface area (Å²) in [6, 6.07) is 0.323. The fraction of sp³-hybridized carbons (Fsp3) is 0.882. The highest BCUT2D eigenvalue weighted by atomic mass is 127. The number of amides is 1. The Kier molecular flexibility index (Phi) is 12.5. The molecule has 1 saturated heterocycles. The van der Waals surface area contributed by atoms with Gasteiger partial charge in [-0.15, -0.1) is 24.0 Å². The number of aliphatic imine (C=N–C) groups is 1. The summed E-state index contributed by atoms with van der Waals surface area (Å²) in [5.74, 6) is 1.92. The van der Waals surface area contributed by atoms with Crippen molar-refractivity contribution in [2.75, 3.05) is 26.2 Å². The van der Waals surface area contributed by atoms with Crippen LogP contribution in [-0.4, -0.2) is 49.0 Å². The fourth-order valence-corrected chi connectivity index (χ4v) is 2.70. The van der Waals surface area contributed by atoms with Crippen molar-refractivity contribution in [2.45, 2.75) is 65.8 Å². The molecule has 6 heteroatoms. The Morgan fingerprint density at radius 3 is 2.65 bits per heavy atom. The number of guanidine groups is 1. The molecule has 1 unspecified atom stereocenters. The number of hydrogen-bond donors (Lipinski definition) is 2. The molecule has 1 aliphatic rings. The second-order valence-electron chi connectivity index (χ2n) is 6.47. The lowest BCUT2D eigenvalue weighted by molar-refractivity contribution is -0.129. The molecular weight excluding hydrogens is 403 g/mol. The predicted molar refractivity (Wildman–Crippen MR) is 108 cm³/mol. The summed E-state index contributed by atoms with van der Waals surface area (Å²) in [6.45, 7) is 11.9. The van der Waals surface area contributed by atoms with Crippen LogP contribution in [0, 0.1) is 5.92 Å². The van der Waals surface area contributed by atoms with Crippen LogP contribution in [0.3, 0.4) is 0 Å². The smallest absolute Gasteiger partial charge is 0.222 e. The van der Waals surface area contributed by atoms with E-state index in [1.165, 1.54) is 12.8 Å². The molecule has 1 rings (SSSR count).